The maximum atomic E-state index is 14.5. The SMILES string of the molecule is CC1(C)OB(c2ccc(Oc3cccnc3)cc2F)OC1(C)C. The summed E-state index contributed by atoms with van der Waals surface area (Å²) >= 11 is 0. The molecule has 1 fully saturated rings. The number of benzene rings is 1. The zero-order valence-corrected chi connectivity index (χ0v) is 13.7. The maximum absolute atomic E-state index is 14.5. The molecule has 2 heterocycles. The molecule has 120 valence electrons. The molecule has 0 aliphatic carbocycles. The molecule has 0 unspecified atom stereocenters. The fourth-order valence-corrected chi connectivity index (χ4v) is 2.28. The highest BCUT2D eigenvalue weighted by atomic mass is 19.1. The summed E-state index contributed by atoms with van der Waals surface area (Å²) in [4.78, 5) is 3.96. The third-order valence-electron chi connectivity index (χ3n) is 4.35. The Balaban J connectivity index is 1.81. The lowest BCUT2D eigenvalue weighted by Gasteiger charge is -2.32. The van der Waals surface area contributed by atoms with Crippen molar-refractivity contribution in [3.05, 3.63) is 48.5 Å². The molecule has 0 amide bonds. The van der Waals surface area contributed by atoms with Gasteiger partial charge in [-0.3, -0.25) is 4.98 Å². The largest absolute Gasteiger partial charge is 0.497 e. The molecule has 0 saturated carbocycles. The molecule has 1 aromatic carbocycles. The lowest BCUT2D eigenvalue weighted by Crippen LogP contribution is -2.41. The van der Waals surface area contributed by atoms with Crippen molar-refractivity contribution in [2.24, 2.45) is 0 Å². The van der Waals surface area contributed by atoms with Crippen LogP contribution in [-0.4, -0.2) is 23.3 Å². The number of pyridine rings is 1. The first-order valence-corrected chi connectivity index (χ1v) is 7.51. The van der Waals surface area contributed by atoms with Crippen molar-refractivity contribution in [3.63, 3.8) is 0 Å². The van der Waals surface area contributed by atoms with Crippen molar-refractivity contribution in [1.29, 1.82) is 0 Å². The number of nitrogens with zero attached hydrogens (tertiary/aromatic N) is 1. The number of ether oxygens (including phenoxy) is 1. The Hall–Kier alpha value is -1.92. The predicted octanol–water partition coefficient (Wildman–Crippen LogP) is 3.31. The first-order valence-electron chi connectivity index (χ1n) is 7.51. The highest BCUT2D eigenvalue weighted by Gasteiger charge is 2.52. The minimum atomic E-state index is -0.729. The van der Waals surface area contributed by atoms with Gasteiger partial charge in [-0.25, -0.2) is 4.39 Å². The first kappa shape index (κ1) is 16.0. The van der Waals surface area contributed by atoms with Crippen molar-refractivity contribution >= 4 is 12.6 Å². The molecule has 1 aliphatic rings. The number of rotatable bonds is 3. The fourth-order valence-electron chi connectivity index (χ4n) is 2.28. The quantitative estimate of drug-likeness (QED) is 0.815. The predicted molar refractivity (Wildman–Crippen MR) is 86.4 cm³/mol. The van der Waals surface area contributed by atoms with Gasteiger partial charge in [0, 0.05) is 17.7 Å². The Bertz CT molecular complexity index is 690. The van der Waals surface area contributed by atoms with Gasteiger partial charge < -0.3 is 14.0 Å². The van der Waals surface area contributed by atoms with Crippen LogP contribution in [-0.2, 0) is 9.31 Å². The van der Waals surface area contributed by atoms with E-state index >= 15 is 0 Å². The van der Waals surface area contributed by atoms with Gasteiger partial charge in [-0.15, -0.1) is 0 Å². The minimum Gasteiger partial charge on any atom is -0.456 e. The number of aromatic nitrogens is 1. The van der Waals surface area contributed by atoms with E-state index in [9.17, 15) is 4.39 Å². The van der Waals surface area contributed by atoms with E-state index in [1.54, 1.807) is 36.7 Å². The average Bonchev–Trinajstić information content (AvgIpc) is 2.68. The molecule has 0 spiro atoms. The number of halogens is 1. The van der Waals surface area contributed by atoms with E-state index in [0.29, 0.717) is 17.0 Å². The maximum Gasteiger partial charge on any atom is 0.497 e. The molecule has 23 heavy (non-hydrogen) atoms. The molecular weight excluding hydrogens is 296 g/mol. The van der Waals surface area contributed by atoms with Gasteiger partial charge in [-0.05, 0) is 45.9 Å². The monoisotopic (exact) mass is 315 g/mol. The third kappa shape index (κ3) is 3.09. The summed E-state index contributed by atoms with van der Waals surface area (Å²) in [7, 11) is -0.729. The van der Waals surface area contributed by atoms with Crippen LogP contribution in [0.25, 0.3) is 0 Å². The molecule has 1 saturated heterocycles. The second kappa shape index (κ2) is 5.62. The van der Waals surface area contributed by atoms with Crippen LogP contribution >= 0.6 is 0 Å². The normalized spacial score (nSPS) is 18.9. The summed E-state index contributed by atoms with van der Waals surface area (Å²) in [5.74, 6) is 0.524. The molecule has 3 rings (SSSR count). The Morgan fingerprint density at radius 1 is 1.04 bits per heavy atom. The van der Waals surface area contributed by atoms with E-state index in [0.717, 1.165) is 0 Å². The van der Waals surface area contributed by atoms with Crippen LogP contribution in [0.1, 0.15) is 27.7 Å². The van der Waals surface area contributed by atoms with Gasteiger partial charge in [0.15, 0.2) is 0 Å². The molecule has 0 bridgehead atoms. The first-order chi connectivity index (χ1) is 10.8. The van der Waals surface area contributed by atoms with Crippen LogP contribution in [0.5, 0.6) is 11.5 Å². The van der Waals surface area contributed by atoms with Gasteiger partial charge in [0.1, 0.15) is 17.3 Å². The van der Waals surface area contributed by atoms with Gasteiger partial charge in [0.25, 0.3) is 0 Å². The van der Waals surface area contributed by atoms with Gasteiger partial charge in [0.05, 0.1) is 17.4 Å². The average molecular weight is 315 g/mol. The van der Waals surface area contributed by atoms with E-state index in [1.807, 2.05) is 27.7 Å². The van der Waals surface area contributed by atoms with E-state index in [1.165, 1.54) is 6.07 Å². The molecule has 6 heteroatoms. The molecule has 2 aromatic rings. The van der Waals surface area contributed by atoms with Crippen LogP contribution in [0.15, 0.2) is 42.7 Å². The van der Waals surface area contributed by atoms with Crippen molar-refractivity contribution in [1.82, 2.24) is 4.98 Å². The number of hydrogen-bond acceptors (Lipinski definition) is 4. The highest BCUT2D eigenvalue weighted by molar-refractivity contribution is 6.62. The molecule has 1 aliphatic heterocycles. The smallest absolute Gasteiger partial charge is 0.456 e. The Morgan fingerprint density at radius 2 is 1.74 bits per heavy atom. The van der Waals surface area contributed by atoms with Gasteiger partial charge in [-0.2, -0.15) is 0 Å². The van der Waals surface area contributed by atoms with Crippen LogP contribution in [0, 0.1) is 5.82 Å². The van der Waals surface area contributed by atoms with E-state index < -0.39 is 24.1 Å². The molecule has 0 N–H and O–H groups in total. The van der Waals surface area contributed by atoms with E-state index in [2.05, 4.69) is 4.98 Å². The summed E-state index contributed by atoms with van der Waals surface area (Å²) in [6.07, 6.45) is 3.22. The summed E-state index contributed by atoms with van der Waals surface area (Å²) in [6.45, 7) is 7.74. The lowest BCUT2D eigenvalue weighted by atomic mass is 9.78. The summed E-state index contributed by atoms with van der Waals surface area (Å²) < 4.78 is 31.8. The Morgan fingerprint density at radius 3 is 2.30 bits per heavy atom. The van der Waals surface area contributed by atoms with Crippen LogP contribution in [0.2, 0.25) is 0 Å². The fraction of sp³-hybridized carbons (Fsp3) is 0.353. The minimum absolute atomic E-state index is 0.363. The zero-order chi connectivity index (χ0) is 16.7. The Labute approximate surface area is 135 Å². The van der Waals surface area contributed by atoms with Crippen molar-refractivity contribution < 1.29 is 18.4 Å². The molecule has 0 radical (unpaired) electrons. The summed E-state index contributed by atoms with van der Waals surface area (Å²) in [5.41, 5.74) is -0.647. The van der Waals surface area contributed by atoms with Crippen molar-refractivity contribution in [2.45, 2.75) is 38.9 Å². The van der Waals surface area contributed by atoms with Crippen LogP contribution in [0.4, 0.5) is 4.39 Å². The van der Waals surface area contributed by atoms with E-state index in [-0.39, 0.29) is 0 Å². The lowest BCUT2D eigenvalue weighted by molar-refractivity contribution is 0.00578. The standard InChI is InChI=1S/C17H19BFNO3/c1-16(2)17(3,4)23-18(22-16)14-8-7-12(10-15(14)19)21-13-6-5-9-20-11-13/h5-11H,1-4H3. The van der Waals surface area contributed by atoms with Crippen LogP contribution in [0.3, 0.4) is 0 Å². The van der Waals surface area contributed by atoms with E-state index in [4.69, 9.17) is 14.0 Å². The number of hydrogen-bond donors (Lipinski definition) is 0. The highest BCUT2D eigenvalue weighted by Crippen LogP contribution is 2.36. The second-order valence-electron chi connectivity index (χ2n) is 6.56. The van der Waals surface area contributed by atoms with Crippen molar-refractivity contribution in [2.75, 3.05) is 0 Å². The van der Waals surface area contributed by atoms with Crippen LogP contribution < -0.4 is 10.2 Å². The van der Waals surface area contributed by atoms with Gasteiger partial charge in [0.2, 0.25) is 0 Å². The molecule has 0 atom stereocenters. The summed E-state index contributed by atoms with van der Waals surface area (Å²) in [6, 6.07) is 8.16. The molecule has 1 aromatic heterocycles. The topological polar surface area (TPSA) is 40.6 Å². The summed E-state index contributed by atoms with van der Waals surface area (Å²) in [5, 5.41) is 0. The van der Waals surface area contributed by atoms with Gasteiger partial charge >= 0.3 is 7.12 Å². The zero-order valence-electron chi connectivity index (χ0n) is 13.7. The Kier molecular flexibility index (Phi) is 3.90. The third-order valence-corrected chi connectivity index (χ3v) is 4.35. The molecular formula is C17H19BFNO3. The van der Waals surface area contributed by atoms with Gasteiger partial charge in [-0.1, -0.05) is 6.07 Å². The van der Waals surface area contributed by atoms with Crippen molar-refractivity contribution in [3.8, 4) is 11.5 Å². The molecule has 4 nitrogen and oxygen atoms in total. The second-order valence-corrected chi connectivity index (χ2v) is 6.56.